The van der Waals surface area contributed by atoms with E-state index in [0.717, 1.165) is 73.4 Å². The largest absolute Gasteiger partial charge is 0.497 e. The van der Waals surface area contributed by atoms with Crippen LogP contribution in [0.2, 0.25) is 0 Å². The number of pyridine rings is 1. The molecule has 8 heteroatoms. The number of hydrogen-bond acceptors (Lipinski definition) is 6. The molecule has 0 radical (unpaired) electrons. The first-order chi connectivity index (χ1) is 18.6. The molecule has 1 saturated carbocycles. The summed E-state index contributed by atoms with van der Waals surface area (Å²) in [6, 6.07) is 5.81. The van der Waals surface area contributed by atoms with Crippen molar-refractivity contribution in [1.82, 2.24) is 20.1 Å². The number of rotatable bonds is 2. The number of methoxy groups -OCH3 is 2. The Morgan fingerprint density at radius 2 is 1.87 bits per heavy atom. The number of nitrogens with one attached hydrogen (secondary N) is 1. The van der Waals surface area contributed by atoms with E-state index in [1.807, 2.05) is 24.4 Å². The standard InChI is InChI=1S/C30H35N5O3/c1-37-24-15-20(16-25(18-24)38-2)13-14-26-28-29-21(19-32-30(28)31)9-6-4-3-5-7-12-27(36)33-22-10-8-11-23(17-22)35(29)34-26/h6,9,15-16,18-19,22-23H,3-5,7-8,10-12,17H2,1-2H3,(H2,31,32)(H,33,36)/b9-6+/t22-,23-/m1/s1. The maximum Gasteiger partial charge on any atom is 0.220 e. The van der Waals surface area contributed by atoms with E-state index in [0.29, 0.717) is 29.4 Å². The minimum atomic E-state index is 0.128. The van der Waals surface area contributed by atoms with Crippen molar-refractivity contribution in [2.75, 3.05) is 20.0 Å². The molecule has 0 unspecified atom stereocenters. The number of fused-ring (bicyclic) bond motifs is 3. The van der Waals surface area contributed by atoms with Crippen LogP contribution in [-0.4, -0.2) is 40.9 Å². The zero-order valence-electron chi connectivity index (χ0n) is 22.1. The SMILES string of the molecule is COc1cc(C#Cc2nn3c4c(cnc(N)c24)/C=C/CCCCCC(=O)N[C@@H]2CCC[C@@H]3C2)cc(OC)c1. The van der Waals surface area contributed by atoms with Gasteiger partial charge in [-0.25, -0.2) is 4.98 Å². The highest BCUT2D eigenvalue weighted by Crippen LogP contribution is 2.35. The van der Waals surface area contributed by atoms with Crippen molar-refractivity contribution in [3.05, 3.63) is 47.3 Å². The number of carbonyl (C=O) groups is 1. The normalized spacial score (nSPS) is 20.8. The molecule has 3 N–H and O–H groups in total. The van der Waals surface area contributed by atoms with Gasteiger partial charge >= 0.3 is 0 Å². The fourth-order valence-electron chi connectivity index (χ4n) is 5.45. The second-order valence-electron chi connectivity index (χ2n) is 10.1. The molecule has 3 heterocycles. The molecule has 1 fully saturated rings. The summed E-state index contributed by atoms with van der Waals surface area (Å²) in [5.74, 6) is 8.38. The van der Waals surface area contributed by atoms with E-state index in [1.165, 1.54) is 0 Å². The second-order valence-corrected chi connectivity index (χ2v) is 10.1. The first kappa shape index (κ1) is 25.7. The van der Waals surface area contributed by atoms with Gasteiger partial charge in [-0.3, -0.25) is 9.48 Å². The molecule has 1 aliphatic carbocycles. The average molecular weight is 514 g/mol. The predicted molar refractivity (Wildman–Crippen MR) is 149 cm³/mol. The number of nitrogens with zero attached hydrogens (tertiary/aromatic N) is 3. The van der Waals surface area contributed by atoms with Crippen molar-refractivity contribution >= 4 is 28.7 Å². The van der Waals surface area contributed by atoms with Gasteiger partial charge in [0.05, 0.1) is 31.2 Å². The molecule has 2 aliphatic rings. The van der Waals surface area contributed by atoms with E-state index in [1.54, 1.807) is 14.2 Å². The van der Waals surface area contributed by atoms with Gasteiger partial charge in [0.2, 0.25) is 5.91 Å². The van der Waals surface area contributed by atoms with Gasteiger partial charge < -0.3 is 20.5 Å². The number of amides is 1. The molecule has 198 valence electrons. The Morgan fingerprint density at radius 3 is 2.66 bits per heavy atom. The van der Waals surface area contributed by atoms with Crippen LogP contribution in [0, 0.1) is 11.8 Å². The average Bonchev–Trinajstić information content (AvgIpc) is 3.32. The number of allylic oxidation sites excluding steroid dienone is 1. The Balaban J connectivity index is 1.62. The zero-order chi connectivity index (χ0) is 26.5. The molecule has 5 rings (SSSR count). The summed E-state index contributed by atoms with van der Waals surface area (Å²) < 4.78 is 12.9. The van der Waals surface area contributed by atoms with Gasteiger partial charge in [0.15, 0.2) is 0 Å². The fraction of sp³-hybridized carbons (Fsp3) is 0.433. The van der Waals surface area contributed by atoms with E-state index in [2.05, 4.69) is 39.0 Å². The van der Waals surface area contributed by atoms with Gasteiger partial charge in [-0.1, -0.05) is 24.5 Å². The third-order valence-electron chi connectivity index (χ3n) is 7.39. The first-order valence-corrected chi connectivity index (χ1v) is 13.4. The highest BCUT2D eigenvalue weighted by Gasteiger charge is 2.28. The quantitative estimate of drug-likeness (QED) is 0.467. The number of carbonyl (C=O) groups excluding carboxylic acids is 1. The number of nitrogen functional groups attached to an aromatic ring is 1. The lowest BCUT2D eigenvalue weighted by Gasteiger charge is -2.30. The Hall–Kier alpha value is -3.99. The van der Waals surface area contributed by atoms with Crippen LogP contribution in [0.1, 0.15) is 80.7 Å². The Bertz CT molecular complexity index is 1390. The van der Waals surface area contributed by atoms with Gasteiger partial charge in [0.25, 0.3) is 0 Å². The maximum atomic E-state index is 12.6. The molecule has 2 atom stereocenters. The summed E-state index contributed by atoms with van der Waals surface area (Å²) in [6.45, 7) is 0. The summed E-state index contributed by atoms with van der Waals surface area (Å²) in [4.78, 5) is 17.1. The second kappa shape index (κ2) is 11.6. The molecule has 2 bridgehead atoms. The van der Waals surface area contributed by atoms with Gasteiger partial charge in [0.1, 0.15) is 23.0 Å². The highest BCUT2D eigenvalue weighted by atomic mass is 16.5. The smallest absolute Gasteiger partial charge is 0.220 e. The van der Waals surface area contributed by atoms with Crippen LogP contribution in [-0.2, 0) is 4.79 Å². The van der Waals surface area contributed by atoms with Crippen molar-refractivity contribution in [2.24, 2.45) is 0 Å². The predicted octanol–water partition coefficient (Wildman–Crippen LogP) is 5.01. The van der Waals surface area contributed by atoms with E-state index in [4.69, 9.17) is 20.3 Å². The molecular weight excluding hydrogens is 478 g/mol. The topological polar surface area (TPSA) is 104 Å². The Labute approximate surface area is 223 Å². The van der Waals surface area contributed by atoms with E-state index >= 15 is 0 Å². The van der Waals surface area contributed by atoms with Crippen LogP contribution in [0.15, 0.2) is 30.5 Å². The molecule has 1 aliphatic heterocycles. The number of nitrogens with two attached hydrogens (primary N) is 1. The van der Waals surface area contributed by atoms with Gasteiger partial charge in [-0.05, 0) is 63.0 Å². The lowest BCUT2D eigenvalue weighted by molar-refractivity contribution is -0.122. The van der Waals surface area contributed by atoms with Gasteiger partial charge in [-0.2, -0.15) is 5.10 Å². The van der Waals surface area contributed by atoms with E-state index < -0.39 is 0 Å². The molecule has 3 aromatic rings. The molecule has 0 saturated heterocycles. The Morgan fingerprint density at radius 1 is 1.05 bits per heavy atom. The first-order valence-electron chi connectivity index (χ1n) is 13.4. The van der Waals surface area contributed by atoms with Crippen molar-refractivity contribution in [3.8, 4) is 23.3 Å². The summed E-state index contributed by atoms with van der Waals surface area (Å²) in [7, 11) is 3.23. The van der Waals surface area contributed by atoms with Crippen LogP contribution in [0.5, 0.6) is 11.5 Å². The number of ether oxygens (including phenoxy) is 2. The van der Waals surface area contributed by atoms with E-state index in [-0.39, 0.29) is 18.0 Å². The third-order valence-corrected chi connectivity index (χ3v) is 7.39. The zero-order valence-corrected chi connectivity index (χ0v) is 22.1. The number of aromatic nitrogens is 3. The third kappa shape index (κ3) is 5.62. The van der Waals surface area contributed by atoms with Crippen molar-refractivity contribution in [2.45, 2.75) is 69.9 Å². The van der Waals surface area contributed by atoms with Crippen LogP contribution >= 0.6 is 0 Å². The minimum absolute atomic E-state index is 0.128. The molecular formula is C30H35N5O3. The molecule has 8 nitrogen and oxygen atoms in total. The lowest BCUT2D eigenvalue weighted by Crippen LogP contribution is -2.39. The van der Waals surface area contributed by atoms with Gasteiger partial charge in [-0.15, -0.1) is 0 Å². The van der Waals surface area contributed by atoms with Crippen LogP contribution in [0.3, 0.4) is 0 Å². The number of benzene rings is 1. The monoisotopic (exact) mass is 513 g/mol. The van der Waals surface area contributed by atoms with Crippen molar-refractivity contribution < 1.29 is 14.3 Å². The molecule has 1 amide bonds. The van der Waals surface area contributed by atoms with Crippen LogP contribution < -0.4 is 20.5 Å². The summed E-state index contributed by atoms with van der Waals surface area (Å²) in [6.07, 6.45) is 14.5. The fourth-order valence-corrected chi connectivity index (χ4v) is 5.45. The molecule has 0 spiro atoms. The number of hydrogen-bond donors (Lipinski definition) is 2. The summed E-state index contributed by atoms with van der Waals surface area (Å²) >= 11 is 0. The minimum Gasteiger partial charge on any atom is -0.497 e. The molecule has 1 aromatic carbocycles. The van der Waals surface area contributed by atoms with Crippen LogP contribution in [0.25, 0.3) is 17.0 Å². The van der Waals surface area contributed by atoms with Crippen molar-refractivity contribution in [3.63, 3.8) is 0 Å². The summed E-state index contributed by atoms with van der Waals surface area (Å²) in [5.41, 5.74) is 9.73. The highest BCUT2D eigenvalue weighted by molar-refractivity contribution is 5.98. The van der Waals surface area contributed by atoms with E-state index in [9.17, 15) is 4.79 Å². The van der Waals surface area contributed by atoms with Crippen molar-refractivity contribution in [1.29, 1.82) is 0 Å². The van der Waals surface area contributed by atoms with Gasteiger partial charge in [0, 0.05) is 35.9 Å². The summed E-state index contributed by atoms with van der Waals surface area (Å²) in [5, 5.41) is 9.07. The lowest BCUT2D eigenvalue weighted by atomic mass is 9.90. The molecule has 38 heavy (non-hydrogen) atoms. The maximum absolute atomic E-state index is 12.6. The molecule has 2 aromatic heterocycles. The Kier molecular flexibility index (Phi) is 7.83. The number of anilines is 1. The van der Waals surface area contributed by atoms with Crippen LogP contribution in [0.4, 0.5) is 5.82 Å².